The van der Waals surface area contributed by atoms with E-state index in [1.54, 1.807) is 24.3 Å². The maximum atomic E-state index is 11.0. The Labute approximate surface area is 90.6 Å². The van der Waals surface area contributed by atoms with E-state index in [-0.39, 0.29) is 5.56 Å². The van der Waals surface area contributed by atoms with Crippen molar-refractivity contribution in [3.8, 4) is 11.3 Å². The normalized spacial score (nSPS) is 10.2. The molecule has 1 heterocycles. The zero-order valence-electron chi connectivity index (χ0n) is 7.53. The number of halogens is 1. The van der Waals surface area contributed by atoms with Crippen LogP contribution in [0.1, 0.15) is 10.4 Å². The van der Waals surface area contributed by atoms with E-state index in [2.05, 4.69) is 15.9 Å². The number of nitrogens with two attached hydrogens (primary N) is 1. The van der Waals surface area contributed by atoms with Gasteiger partial charge < -0.3 is 10.3 Å². The third-order valence-electron chi connectivity index (χ3n) is 1.89. The van der Waals surface area contributed by atoms with E-state index in [1.165, 1.54) is 0 Å². The van der Waals surface area contributed by atoms with Gasteiger partial charge in [-0.05, 0) is 12.1 Å². The quantitative estimate of drug-likeness (QED) is 0.842. The molecule has 5 heteroatoms. The molecule has 0 saturated heterocycles. The molecule has 0 aliphatic carbocycles. The Hall–Kier alpha value is -1.81. The molecule has 2 aromatic rings. The Bertz CT molecular complexity index is 490. The molecule has 0 unspecified atom stereocenters. The van der Waals surface area contributed by atoms with Crippen molar-refractivity contribution in [2.75, 3.05) is 0 Å². The number of nitrogens with zero attached hydrogens (tertiary/aromatic N) is 1. The second-order valence-electron chi connectivity index (χ2n) is 2.88. The van der Waals surface area contributed by atoms with Crippen LogP contribution in [0.5, 0.6) is 0 Å². The Balaban J connectivity index is 2.49. The van der Waals surface area contributed by atoms with Crippen LogP contribution < -0.4 is 5.73 Å². The number of amides is 1. The van der Waals surface area contributed by atoms with E-state index in [1.807, 2.05) is 0 Å². The van der Waals surface area contributed by atoms with Crippen molar-refractivity contribution >= 4 is 17.5 Å². The van der Waals surface area contributed by atoms with Crippen molar-refractivity contribution in [3.63, 3.8) is 0 Å². The fourth-order valence-corrected chi connectivity index (χ4v) is 1.31. The average molecular weight is 222 g/mol. The number of aromatic nitrogens is 1. The van der Waals surface area contributed by atoms with Gasteiger partial charge in [-0.2, -0.15) is 0 Å². The van der Waals surface area contributed by atoms with Gasteiger partial charge >= 0.3 is 0 Å². The second-order valence-corrected chi connectivity index (χ2v) is 3.32. The summed E-state index contributed by atoms with van der Waals surface area (Å²) in [7, 11) is 0. The number of primary amides is 1. The van der Waals surface area contributed by atoms with Crippen LogP contribution in [-0.4, -0.2) is 11.1 Å². The molecular formula is C10H6ClN2O2. The van der Waals surface area contributed by atoms with Gasteiger partial charge in [-0.25, -0.2) is 0 Å². The van der Waals surface area contributed by atoms with E-state index in [4.69, 9.17) is 17.3 Å². The first-order valence-corrected chi connectivity index (χ1v) is 4.49. The van der Waals surface area contributed by atoms with Gasteiger partial charge in [-0.3, -0.25) is 4.79 Å². The molecule has 0 spiro atoms. The van der Waals surface area contributed by atoms with E-state index in [0.717, 1.165) is 0 Å². The number of carbonyl (C=O) groups excluding carboxylic acids is 1. The summed E-state index contributed by atoms with van der Waals surface area (Å²) < 4.78 is 4.58. The molecular weight excluding hydrogens is 216 g/mol. The average Bonchev–Trinajstić information content (AvgIpc) is 2.67. The molecule has 4 nitrogen and oxygen atoms in total. The lowest BCUT2D eigenvalue weighted by atomic mass is 10.1. The zero-order valence-corrected chi connectivity index (χ0v) is 8.28. The molecule has 1 radical (unpaired) electrons. The van der Waals surface area contributed by atoms with Crippen molar-refractivity contribution in [1.82, 2.24) is 5.16 Å². The monoisotopic (exact) mass is 221 g/mol. The first-order valence-electron chi connectivity index (χ1n) is 4.11. The highest BCUT2D eigenvalue weighted by molar-refractivity contribution is 6.30. The van der Waals surface area contributed by atoms with Crippen LogP contribution in [0.4, 0.5) is 0 Å². The van der Waals surface area contributed by atoms with Crippen molar-refractivity contribution in [2.45, 2.75) is 0 Å². The lowest BCUT2D eigenvalue weighted by Crippen LogP contribution is -2.11. The van der Waals surface area contributed by atoms with Crippen molar-refractivity contribution < 1.29 is 9.32 Å². The van der Waals surface area contributed by atoms with Crippen LogP contribution >= 0.6 is 11.6 Å². The number of benzene rings is 1. The maximum absolute atomic E-state index is 11.0. The molecule has 0 fully saturated rings. The van der Waals surface area contributed by atoms with Gasteiger partial charge in [-0.1, -0.05) is 28.9 Å². The van der Waals surface area contributed by atoms with Crippen molar-refractivity contribution in [2.24, 2.45) is 5.73 Å². The van der Waals surface area contributed by atoms with Gasteiger partial charge in [0.2, 0.25) is 6.26 Å². The van der Waals surface area contributed by atoms with Gasteiger partial charge in [0.25, 0.3) is 5.91 Å². The van der Waals surface area contributed by atoms with Crippen LogP contribution in [0, 0.1) is 6.26 Å². The Kier molecular flexibility index (Phi) is 2.43. The molecule has 1 amide bonds. The summed E-state index contributed by atoms with van der Waals surface area (Å²) in [6, 6.07) is 6.83. The van der Waals surface area contributed by atoms with Gasteiger partial charge in [0, 0.05) is 10.6 Å². The molecule has 75 valence electrons. The molecule has 0 bridgehead atoms. The Morgan fingerprint density at radius 2 is 2.07 bits per heavy atom. The van der Waals surface area contributed by atoms with E-state index >= 15 is 0 Å². The SMILES string of the molecule is NC(=O)c1[c]onc1-c1ccc(Cl)cc1. The summed E-state index contributed by atoms with van der Waals surface area (Å²) in [5, 5.41) is 4.27. The van der Waals surface area contributed by atoms with Crippen LogP contribution in [0.2, 0.25) is 5.02 Å². The highest BCUT2D eigenvalue weighted by atomic mass is 35.5. The molecule has 0 saturated carbocycles. The molecule has 1 aromatic carbocycles. The molecule has 15 heavy (non-hydrogen) atoms. The molecule has 0 atom stereocenters. The third-order valence-corrected chi connectivity index (χ3v) is 2.14. The third kappa shape index (κ3) is 1.85. The largest absolute Gasteiger partial charge is 0.365 e. The minimum Gasteiger partial charge on any atom is -0.365 e. The molecule has 2 N–H and O–H groups in total. The molecule has 0 aliphatic rings. The van der Waals surface area contributed by atoms with Crippen LogP contribution in [0.15, 0.2) is 28.8 Å². The van der Waals surface area contributed by atoms with Crippen LogP contribution in [0.25, 0.3) is 11.3 Å². The summed E-state index contributed by atoms with van der Waals surface area (Å²) in [4.78, 5) is 11.0. The number of carbonyl (C=O) groups is 1. The molecule has 1 aromatic heterocycles. The molecule has 0 aliphatic heterocycles. The zero-order chi connectivity index (χ0) is 10.8. The Morgan fingerprint density at radius 1 is 1.40 bits per heavy atom. The fourth-order valence-electron chi connectivity index (χ4n) is 1.18. The topological polar surface area (TPSA) is 69.1 Å². The van der Waals surface area contributed by atoms with Gasteiger partial charge in [0.1, 0.15) is 11.3 Å². The number of rotatable bonds is 2. The van der Waals surface area contributed by atoms with E-state index < -0.39 is 5.91 Å². The highest BCUT2D eigenvalue weighted by Crippen LogP contribution is 2.22. The first-order chi connectivity index (χ1) is 7.18. The summed E-state index contributed by atoms with van der Waals surface area (Å²) in [5.74, 6) is -0.624. The predicted octanol–water partition coefficient (Wildman–Crippen LogP) is 1.89. The lowest BCUT2D eigenvalue weighted by Gasteiger charge is -1.97. The summed E-state index contributed by atoms with van der Waals surface area (Å²) in [5.41, 5.74) is 6.35. The van der Waals surface area contributed by atoms with Gasteiger partial charge in [0.15, 0.2) is 0 Å². The summed E-state index contributed by atoms with van der Waals surface area (Å²) >= 11 is 5.73. The maximum Gasteiger partial charge on any atom is 0.255 e. The number of hydrogen-bond acceptors (Lipinski definition) is 3. The first kappa shape index (κ1) is 9.73. The molecule has 2 rings (SSSR count). The minimum absolute atomic E-state index is 0.136. The highest BCUT2D eigenvalue weighted by Gasteiger charge is 2.15. The van der Waals surface area contributed by atoms with Crippen LogP contribution in [-0.2, 0) is 0 Å². The second kappa shape index (κ2) is 3.74. The Morgan fingerprint density at radius 3 is 2.67 bits per heavy atom. The van der Waals surface area contributed by atoms with Gasteiger partial charge in [0.05, 0.1) is 0 Å². The fraction of sp³-hybridized carbons (Fsp3) is 0. The smallest absolute Gasteiger partial charge is 0.255 e. The van der Waals surface area contributed by atoms with Crippen LogP contribution in [0.3, 0.4) is 0 Å². The van der Waals surface area contributed by atoms with E-state index in [9.17, 15) is 4.79 Å². The summed E-state index contributed by atoms with van der Waals surface area (Å²) in [6.07, 6.45) is 2.32. The lowest BCUT2D eigenvalue weighted by molar-refractivity contribution is 0.1000. The van der Waals surface area contributed by atoms with Crippen molar-refractivity contribution in [1.29, 1.82) is 0 Å². The standard InChI is InChI=1S/C10H6ClN2O2/c11-7-3-1-6(2-4-7)9-8(10(12)14)5-15-13-9/h1-4H,(H2,12,14). The van der Waals surface area contributed by atoms with E-state index in [0.29, 0.717) is 16.3 Å². The summed E-state index contributed by atoms with van der Waals surface area (Å²) in [6.45, 7) is 0. The van der Waals surface area contributed by atoms with Crippen molar-refractivity contribution in [3.05, 3.63) is 41.1 Å². The minimum atomic E-state index is -0.624. The predicted molar refractivity (Wildman–Crippen MR) is 54.3 cm³/mol. The number of hydrogen-bond donors (Lipinski definition) is 1. The van der Waals surface area contributed by atoms with Gasteiger partial charge in [-0.15, -0.1) is 0 Å².